The first kappa shape index (κ1) is 11.8. The van der Waals surface area contributed by atoms with Crippen molar-refractivity contribution < 1.29 is 4.39 Å². The Hall–Kier alpha value is -0.710. The second-order valence-electron chi connectivity index (χ2n) is 4.18. The lowest BCUT2D eigenvalue weighted by Crippen LogP contribution is -2.22. The van der Waals surface area contributed by atoms with Crippen LogP contribution in [0.4, 0.5) is 10.2 Å². The summed E-state index contributed by atoms with van der Waals surface area (Å²) >= 11 is 3.44. The molecule has 88 valence electrons. The summed E-state index contributed by atoms with van der Waals surface area (Å²) in [6.45, 7) is 3.47. The van der Waals surface area contributed by atoms with Gasteiger partial charge < -0.3 is 4.90 Å². The molecule has 2 heterocycles. The van der Waals surface area contributed by atoms with Crippen LogP contribution < -0.4 is 4.90 Å². The van der Waals surface area contributed by atoms with Gasteiger partial charge in [0.1, 0.15) is 6.33 Å². The van der Waals surface area contributed by atoms with E-state index in [9.17, 15) is 4.39 Å². The summed E-state index contributed by atoms with van der Waals surface area (Å²) in [5, 5.41) is 1.01. The Morgan fingerprint density at radius 3 is 3.12 bits per heavy atom. The second kappa shape index (κ2) is 5.08. The van der Waals surface area contributed by atoms with Crippen LogP contribution in [0, 0.1) is 18.7 Å². The molecule has 0 spiro atoms. The summed E-state index contributed by atoms with van der Waals surface area (Å²) in [6, 6.07) is 0. The first-order valence-electron chi connectivity index (χ1n) is 5.50. The van der Waals surface area contributed by atoms with Gasteiger partial charge in [0, 0.05) is 18.4 Å². The van der Waals surface area contributed by atoms with E-state index < -0.39 is 0 Å². The molecule has 0 radical (unpaired) electrons. The summed E-state index contributed by atoms with van der Waals surface area (Å²) in [5.41, 5.74) is 0.425. The smallest absolute Gasteiger partial charge is 0.186 e. The number of halogens is 2. The van der Waals surface area contributed by atoms with Gasteiger partial charge in [-0.1, -0.05) is 15.9 Å². The van der Waals surface area contributed by atoms with Crippen molar-refractivity contribution in [3.05, 3.63) is 17.8 Å². The maximum absolute atomic E-state index is 13.8. The van der Waals surface area contributed by atoms with Crippen molar-refractivity contribution in [3.8, 4) is 0 Å². The Bertz CT molecular complexity index is 372. The zero-order valence-electron chi connectivity index (χ0n) is 9.29. The highest BCUT2D eigenvalue weighted by Gasteiger charge is 2.25. The Morgan fingerprint density at radius 1 is 1.56 bits per heavy atom. The highest BCUT2D eigenvalue weighted by Crippen LogP contribution is 2.26. The third kappa shape index (κ3) is 2.34. The van der Waals surface area contributed by atoms with Gasteiger partial charge in [-0.3, -0.25) is 0 Å². The number of rotatable bonds is 3. The van der Waals surface area contributed by atoms with Gasteiger partial charge >= 0.3 is 0 Å². The lowest BCUT2D eigenvalue weighted by atomic mass is 10.1. The number of aromatic nitrogens is 2. The summed E-state index contributed by atoms with van der Waals surface area (Å²) in [5.74, 6) is 0.834. The minimum absolute atomic E-state index is 0.276. The van der Waals surface area contributed by atoms with Gasteiger partial charge in [-0.25, -0.2) is 14.4 Å². The molecule has 1 unspecified atom stereocenters. The fourth-order valence-corrected chi connectivity index (χ4v) is 2.73. The zero-order chi connectivity index (χ0) is 11.5. The Kier molecular flexibility index (Phi) is 3.74. The molecule has 1 saturated heterocycles. The SMILES string of the molecule is Cc1ncnc(N2CCC(CCBr)C2)c1F. The van der Waals surface area contributed by atoms with Gasteiger partial charge in [0.05, 0.1) is 5.69 Å². The predicted molar refractivity (Wildman–Crippen MR) is 65.5 cm³/mol. The lowest BCUT2D eigenvalue weighted by molar-refractivity contribution is 0.569. The van der Waals surface area contributed by atoms with Crippen LogP contribution in [0.5, 0.6) is 0 Å². The van der Waals surface area contributed by atoms with Crippen molar-refractivity contribution in [2.75, 3.05) is 23.3 Å². The van der Waals surface area contributed by atoms with Crippen LogP contribution >= 0.6 is 15.9 Å². The maximum Gasteiger partial charge on any atom is 0.186 e. The molecule has 5 heteroatoms. The highest BCUT2D eigenvalue weighted by atomic mass is 79.9. The largest absolute Gasteiger partial charge is 0.354 e. The van der Waals surface area contributed by atoms with Crippen LogP contribution in [0.25, 0.3) is 0 Å². The first-order chi connectivity index (χ1) is 7.72. The molecule has 0 bridgehead atoms. The van der Waals surface area contributed by atoms with Crippen molar-refractivity contribution >= 4 is 21.7 Å². The van der Waals surface area contributed by atoms with E-state index in [0.717, 1.165) is 31.3 Å². The standard InChI is InChI=1S/C11H15BrFN3/c1-8-10(13)11(15-7-14-8)16-5-3-9(6-16)2-4-12/h7,9H,2-6H2,1H3. The summed E-state index contributed by atoms with van der Waals surface area (Å²) < 4.78 is 13.8. The molecule has 1 aromatic rings. The lowest BCUT2D eigenvalue weighted by Gasteiger charge is -2.18. The third-order valence-electron chi connectivity index (χ3n) is 3.05. The topological polar surface area (TPSA) is 29.0 Å². The first-order valence-corrected chi connectivity index (χ1v) is 6.62. The van der Waals surface area contributed by atoms with Crippen molar-refractivity contribution in [2.45, 2.75) is 19.8 Å². The predicted octanol–water partition coefficient (Wildman–Crippen LogP) is 2.54. The van der Waals surface area contributed by atoms with Crippen molar-refractivity contribution in [2.24, 2.45) is 5.92 Å². The monoisotopic (exact) mass is 287 g/mol. The van der Waals surface area contributed by atoms with Crippen LogP contribution in [-0.2, 0) is 0 Å². The molecule has 1 atom stereocenters. The Labute approximate surface area is 103 Å². The van der Waals surface area contributed by atoms with Crippen LogP contribution in [0.15, 0.2) is 6.33 Å². The van der Waals surface area contributed by atoms with Crippen LogP contribution in [0.2, 0.25) is 0 Å². The van der Waals surface area contributed by atoms with Gasteiger partial charge in [0.2, 0.25) is 0 Å². The Morgan fingerprint density at radius 2 is 2.38 bits per heavy atom. The number of hydrogen-bond donors (Lipinski definition) is 0. The van der Waals surface area contributed by atoms with Crippen LogP contribution in [0.1, 0.15) is 18.5 Å². The molecule has 0 aromatic carbocycles. The molecule has 0 amide bonds. The molecule has 0 aliphatic carbocycles. The molecular formula is C11H15BrFN3. The number of hydrogen-bond acceptors (Lipinski definition) is 3. The number of nitrogens with zero attached hydrogens (tertiary/aromatic N) is 3. The molecule has 1 aliphatic rings. The molecule has 3 nitrogen and oxygen atoms in total. The number of anilines is 1. The van der Waals surface area contributed by atoms with Crippen LogP contribution in [0.3, 0.4) is 0 Å². The number of alkyl halides is 1. The average molecular weight is 288 g/mol. The van der Waals surface area contributed by atoms with E-state index >= 15 is 0 Å². The highest BCUT2D eigenvalue weighted by molar-refractivity contribution is 9.09. The van der Waals surface area contributed by atoms with Crippen molar-refractivity contribution in [3.63, 3.8) is 0 Å². The summed E-state index contributed by atoms with van der Waals surface area (Å²) in [4.78, 5) is 9.91. The maximum atomic E-state index is 13.8. The van der Waals surface area contributed by atoms with E-state index in [4.69, 9.17) is 0 Å². The van der Waals surface area contributed by atoms with Crippen LogP contribution in [-0.4, -0.2) is 28.4 Å². The summed E-state index contributed by atoms with van der Waals surface area (Å²) in [7, 11) is 0. The fraction of sp³-hybridized carbons (Fsp3) is 0.636. The summed E-state index contributed by atoms with van der Waals surface area (Å²) in [6.07, 6.45) is 3.70. The molecule has 16 heavy (non-hydrogen) atoms. The fourth-order valence-electron chi connectivity index (χ4n) is 2.08. The normalized spacial score (nSPS) is 20.4. The molecule has 2 rings (SSSR count). The Balaban J connectivity index is 2.11. The third-order valence-corrected chi connectivity index (χ3v) is 3.51. The van der Waals surface area contributed by atoms with Gasteiger partial charge in [-0.15, -0.1) is 0 Å². The molecule has 1 aliphatic heterocycles. The van der Waals surface area contributed by atoms with E-state index in [1.54, 1.807) is 6.92 Å². The molecule has 0 N–H and O–H groups in total. The van der Waals surface area contributed by atoms with E-state index in [0.29, 0.717) is 17.4 Å². The average Bonchev–Trinajstić information content (AvgIpc) is 2.71. The van der Waals surface area contributed by atoms with Gasteiger partial charge in [0.25, 0.3) is 0 Å². The molecule has 1 aromatic heterocycles. The van der Waals surface area contributed by atoms with E-state index in [1.807, 2.05) is 4.90 Å². The quantitative estimate of drug-likeness (QED) is 0.800. The minimum Gasteiger partial charge on any atom is -0.354 e. The van der Waals surface area contributed by atoms with Gasteiger partial charge in [-0.05, 0) is 25.7 Å². The van der Waals surface area contributed by atoms with E-state index in [2.05, 4.69) is 25.9 Å². The zero-order valence-corrected chi connectivity index (χ0v) is 10.9. The molecule has 1 fully saturated rings. The van der Waals surface area contributed by atoms with Gasteiger partial charge in [0.15, 0.2) is 11.6 Å². The second-order valence-corrected chi connectivity index (χ2v) is 4.97. The molecule has 0 saturated carbocycles. The van der Waals surface area contributed by atoms with Gasteiger partial charge in [-0.2, -0.15) is 0 Å². The van der Waals surface area contributed by atoms with E-state index in [1.165, 1.54) is 6.33 Å². The molecular weight excluding hydrogens is 273 g/mol. The minimum atomic E-state index is -0.276. The van der Waals surface area contributed by atoms with Crippen molar-refractivity contribution in [1.29, 1.82) is 0 Å². The number of aryl methyl sites for hydroxylation is 1. The van der Waals surface area contributed by atoms with E-state index in [-0.39, 0.29) is 5.82 Å². The van der Waals surface area contributed by atoms with Crippen molar-refractivity contribution in [1.82, 2.24) is 9.97 Å².